The van der Waals surface area contributed by atoms with Gasteiger partial charge in [-0.1, -0.05) is 31.7 Å². The molecule has 0 bridgehead atoms. The van der Waals surface area contributed by atoms with E-state index in [9.17, 15) is 9.59 Å². The van der Waals surface area contributed by atoms with Crippen LogP contribution in [-0.4, -0.2) is 24.9 Å². The minimum Gasteiger partial charge on any atom is -0.356 e. The van der Waals surface area contributed by atoms with Gasteiger partial charge >= 0.3 is 0 Å². The summed E-state index contributed by atoms with van der Waals surface area (Å²) in [6.45, 7) is 1.15. The van der Waals surface area contributed by atoms with Crippen molar-refractivity contribution in [3.63, 3.8) is 0 Å². The molecule has 2 rings (SSSR count). The second-order valence-corrected chi connectivity index (χ2v) is 6.57. The van der Waals surface area contributed by atoms with Crippen molar-refractivity contribution in [1.29, 1.82) is 0 Å². The predicted molar refractivity (Wildman–Crippen MR) is 85.5 cm³/mol. The van der Waals surface area contributed by atoms with Crippen LogP contribution < -0.4 is 10.6 Å². The van der Waals surface area contributed by atoms with Gasteiger partial charge in [0.2, 0.25) is 5.91 Å². The quantitative estimate of drug-likeness (QED) is 0.725. The Hall–Kier alpha value is -1.36. The van der Waals surface area contributed by atoms with Gasteiger partial charge in [0.25, 0.3) is 5.91 Å². The molecule has 0 atom stereocenters. The second kappa shape index (κ2) is 8.82. The summed E-state index contributed by atoms with van der Waals surface area (Å²) in [6, 6.07) is 3.62. The molecule has 1 aromatic rings. The molecular weight excluding hydrogens is 284 g/mol. The molecule has 2 N–H and O–H groups in total. The van der Waals surface area contributed by atoms with Gasteiger partial charge in [-0.3, -0.25) is 9.59 Å². The van der Waals surface area contributed by atoms with Gasteiger partial charge in [0.15, 0.2) is 0 Å². The first-order chi connectivity index (χ1) is 10.3. The molecule has 0 unspecified atom stereocenters. The number of carbonyl (C=O) groups excluding carboxylic acids is 2. The lowest BCUT2D eigenvalue weighted by molar-refractivity contribution is -0.120. The third-order valence-corrected chi connectivity index (χ3v) is 4.84. The van der Waals surface area contributed by atoms with E-state index in [1.165, 1.54) is 43.4 Å². The van der Waals surface area contributed by atoms with Gasteiger partial charge in [-0.05, 0) is 30.2 Å². The zero-order valence-electron chi connectivity index (χ0n) is 12.4. The van der Waals surface area contributed by atoms with Crippen molar-refractivity contribution < 1.29 is 9.59 Å². The summed E-state index contributed by atoms with van der Waals surface area (Å²) in [5.41, 5.74) is 0. The highest BCUT2D eigenvalue weighted by Crippen LogP contribution is 2.28. The minimum absolute atomic E-state index is 0.0212. The molecule has 1 aliphatic carbocycles. The fourth-order valence-corrected chi connectivity index (χ4v) is 3.43. The Kier molecular flexibility index (Phi) is 6.73. The Morgan fingerprint density at radius 1 is 1.19 bits per heavy atom. The molecule has 0 saturated heterocycles. The van der Waals surface area contributed by atoms with Crippen LogP contribution in [0.15, 0.2) is 17.5 Å². The highest BCUT2D eigenvalue weighted by Gasteiger charge is 2.14. The first-order valence-corrected chi connectivity index (χ1v) is 8.72. The lowest BCUT2D eigenvalue weighted by Crippen LogP contribution is -2.31. The normalized spacial score (nSPS) is 15.0. The van der Waals surface area contributed by atoms with Crippen molar-refractivity contribution in [2.45, 2.75) is 44.9 Å². The van der Waals surface area contributed by atoms with E-state index < -0.39 is 0 Å². The zero-order chi connectivity index (χ0) is 14.9. The molecule has 1 heterocycles. The van der Waals surface area contributed by atoms with E-state index >= 15 is 0 Å². The maximum Gasteiger partial charge on any atom is 0.261 e. The van der Waals surface area contributed by atoms with Gasteiger partial charge < -0.3 is 10.6 Å². The van der Waals surface area contributed by atoms with Gasteiger partial charge in [0, 0.05) is 19.5 Å². The minimum atomic E-state index is -0.0981. The number of hydrogen-bond acceptors (Lipinski definition) is 3. The molecule has 4 nitrogen and oxygen atoms in total. The Balaban J connectivity index is 1.48. The monoisotopic (exact) mass is 308 g/mol. The Morgan fingerprint density at radius 3 is 2.71 bits per heavy atom. The summed E-state index contributed by atoms with van der Waals surface area (Å²) in [7, 11) is 0. The highest BCUT2D eigenvalue weighted by molar-refractivity contribution is 7.12. The smallest absolute Gasteiger partial charge is 0.261 e. The van der Waals surface area contributed by atoms with E-state index in [0.29, 0.717) is 17.8 Å². The number of carbonyl (C=O) groups is 2. The second-order valence-electron chi connectivity index (χ2n) is 5.63. The van der Waals surface area contributed by atoms with E-state index in [1.807, 2.05) is 11.4 Å². The first-order valence-electron chi connectivity index (χ1n) is 7.84. The van der Waals surface area contributed by atoms with Crippen LogP contribution in [0.3, 0.4) is 0 Å². The summed E-state index contributed by atoms with van der Waals surface area (Å²) < 4.78 is 0. The largest absolute Gasteiger partial charge is 0.356 e. The average molecular weight is 308 g/mol. The highest BCUT2D eigenvalue weighted by atomic mass is 32.1. The van der Waals surface area contributed by atoms with Crippen molar-refractivity contribution in [1.82, 2.24) is 10.6 Å². The molecule has 5 heteroatoms. The number of thiophene rings is 1. The van der Waals surface area contributed by atoms with E-state index in [4.69, 9.17) is 0 Å². The van der Waals surface area contributed by atoms with Gasteiger partial charge in [-0.15, -0.1) is 11.3 Å². The lowest BCUT2D eigenvalue weighted by atomic mass is 10.0. The molecule has 2 amide bonds. The maximum atomic E-state index is 11.7. The predicted octanol–water partition coefficient (Wildman–Crippen LogP) is 2.95. The van der Waals surface area contributed by atoms with Crippen LogP contribution in [-0.2, 0) is 4.79 Å². The van der Waals surface area contributed by atoms with E-state index in [0.717, 1.165) is 18.9 Å². The topological polar surface area (TPSA) is 58.2 Å². The van der Waals surface area contributed by atoms with Crippen LogP contribution >= 0.6 is 11.3 Å². The molecule has 1 aliphatic rings. The van der Waals surface area contributed by atoms with Crippen molar-refractivity contribution in [2.24, 2.45) is 5.92 Å². The summed E-state index contributed by atoms with van der Waals surface area (Å²) >= 11 is 1.41. The third-order valence-electron chi connectivity index (χ3n) is 3.97. The van der Waals surface area contributed by atoms with E-state index in [-0.39, 0.29) is 11.8 Å². The van der Waals surface area contributed by atoms with Crippen LogP contribution in [0.1, 0.15) is 54.6 Å². The number of amides is 2. The zero-order valence-corrected chi connectivity index (χ0v) is 13.2. The molecule has 1 aromatic heterocycles. The molecule has 116 valence electrons. The van der Waals surface area contributed by atoms with Gasteiger partial charge in [0.05, 0.1) is 4.88 Å². The van der Waals surface area contributed by atoms with Crippen molar-refractivity contribution >= 4 is 23.2 Å². The summed E-state index contributed by atoms with van der Waals surface area (Å²) in [5, 5.41) is 7.56. The Bertz CT molecular complexity index is 439. The summed E-state index contributed by atoms with van der Waals surface area (Å²) in [5.74, 6) is 0.805. The standard InChI is InChI=1S/C16H24N2O2S/c19-15(17-10-3-7-13-5-1-2-6-13)9-11-18-16(20)14-8-4-12-21-14/h4,8,12-13H,1-3,5-7,9-11H2,(H,17,19)(H,18,20). The molecule has 1 fully saturated rings. The van der Waals surface area contributed by atoms with Crippen LogP contribution in [0.5, 0.6) is 0 Å². The van der Waals surface area contributed by atoms with Crippen LogP contribution in [0.25, 0.3) is 0 Å². The van der Waals surface area contributed by atoms with Crippen molar-refractivity contribution in [2.75, 3.05) is 13.1 Å². The Labute approximate surface area is 130 Å². The number of hydrogen-bond donors (Lipinski definition) is 2. The van der Waals surface area contributed by atoms with E-state index in [1.54, 1.807) is 6.07 Å². The molecule has 0 aliphatic heterocycles. The van der Waals surface area contributed by atoms with Gasteiger partial charge in [-0.2, -0.15) is 0 Å². The molecule has 21 heavy (non-hydrogen) atoms. The lowest BCUT2D eigenvalue weighted by Gasteiger charge is -2.09. The number of rotatable bonds is 8. The van der Waals surface area contributed by atoms with Crippen molar-refractivity contribution in [3.8, 4) is 0 Å². The average Bonchev–Trinajstić information content (AvgIpc) is 3.16. The van der Waals surface area contributed by atoms with Crippen LogP contribution in [0.2, 0.25) is 0 Å². The fourth-order valence-electron chi connectivity index (χ4n) is 2.79. The SMILES string of the molecule is O=C(CCNC(=O)c1cccs1)NCCCC1CCCC1. The van der Waals surface area contributed by atoms with Crippen molar-refractivity contribution in [3.05, 3.63) is 22.4 Å². The van der Waals surface area contributed by atoms with Crippen LogP contribution in [0, 0.1) is 5.92 Å². The molecule has 1 saturated carbocycles. The Morgan fingerprint density at radius 2 is 2.00 bits per heavy atom. The van der Waals surface area contributed by atoms with Gasteiger partial charge in [0.1, 0.15) is 0 Å². The maximum absolute atomic E-state index is 11.7. The fraction of sp³-hybridized carbons (Fsp3) is 0.625. The van der Waals surface area contributed by atoms with Crippen LogP contribution in [0.4, 0.5) is 0 Å². The molecule has 0 spiro atoms. The molecule has 0 radical (unpaired) electrons. The molecular formula is C16H24N2O2S. The third kappa shape index (κ3) is 5.87. The van der Waals surface area contributed by atoms with E-state index in [2.05, 4.69) is 10.6 Å². The first kappa shape index (κ1) is 16.0. The van der Waals surface area contributed by atoms with Gasteiger partial charge in [-0.25, -0.2) is 0 Å². The summed E-state index contributed by atoms with van der Waals surface area (Å²) in [4.78, 5) is 24.0. The molecule has 0 aromatic carbocycles. The summed E-state index contributed by atoms with van der Waals surface area (Å²) in [6.07, 6.45) is 8.13. The number of nitrogens with one attached hydrogen (secondary N) is 2.